The van der Waals surface area contributed by atoms with Gasteiger partial charge in [0.15, 0.2) is 0 Å². The molecule has 0 bridgehead atoms. The van der Waals surface area contributed by atoms with Gasteiger partial charge in [-0.1, -0.05) is 23.2 Å². The van der Waals surface area contributed by atoms with Crippen LogP contribution in [0.5, 0.6) is 0 Å². The third-order valence-electron chi connectivity index (χ3n) is 1.78. The van der Waals surface area contributed by atoms with Gasteiger partial charge in [-0.15, -0.1) is 0 Å². The lowest BCUT2D eigenvalue weighted by Crippen LogP contribution is -1.88. The summed E-state index contributed by atoms with van der Waals surface area (Å²) in [7, 11) is 1.82. The van der Waals surface area contributed by atoms with Crippen LogP contribution in [0.2, 0.25) is 10.2 Å². The smallest absolute Gasteiger partial charge is 0.129 e. The largest absolute Gasteiger partial charge is 0.274 e. The second kappa shape index (κ2) is 3.59. The molecule has 0 N–H and O–H groups in total. The minimum absolute atomic E-state index is 0.459. The second-order valence-corrected chi connectivity index (χ2v) is 3.66. The Morgan fingerprint density at radius 2 is 2.07 bits per heavy atom. The summed E-state index contributed by atoms with van der Waals surface area (Å²) < 4.78 is 1.66. The third kappa shape index (κ3) is 1.74. The molecule has 2 aromatic rings. The minimum atomic E-state index is 0.459. The highest BCUT2D eigenvalue weighted by atomic mass is 35.5. The van der Waals surface area contributed by atoms with Gasteiger partial charge in [0.05, 0.1) is 5.02 Å². The number of halogens is 2. The van der Waals surface area contributed by atoms with Gasteiger partial charge in [-0.05, 0) is 12.1 Å². The summed E-state index contributed by atoms with van der Waals surface area (Å²) in [6.07, 6.45) is 3.39. The van der Waals surface area contributed by atoms with E-state index in [1.165, 1.54) is 0 Å². The zero-order valence-corrected chi connectivity index (χ0v) is 8.92. The summed E-state index contributed by atoms with van der Waals surface area (Å²) in [5.74, 6) is 0. The Morgan fingerprint density at radius 1 is 1.29 bits per heavy atom. The van der Waals surface area contributed by atoms with Crippen LogP contribution in [-0.4, -0.2) is 14.8 Å². The SMILES string of the molecule is Cn1cc(Cl)c(-c2ccc(Cl)nc2)n1. The zero-order chi connectivity index (χ0) is 10.1. The van der Waals surface area contributed by atoms with E-state index in [9.17, 15) is 0 Å². The first-order valence-corrected chi connectivity index (χ1v) is 4.73. The lowest BCUT2D eigenvalue weighted by atomic mass is 10.2. The molecule has 0 fully saturated rings. The number of pyridine rings is 1. The Kier molecular flexibility index (Phi) is 2.44. The summed E-state index contributed by atoms with van der Waals surface area (Å²) in [5.41, 5.74) is 1.58. The topological polar surface area (TPSA) is 30.7 Å². The first kappa shape index (κ1) is 9.49. The fourth-order valence-electron chi connectivity index (χ4n) is 1.17. The summed E-state index contributed by atoms with van der Waals surface area (Å²) in [6.45, 7) is 0. The van der Waals surface area contributed by atoms with Gasteiger partial charge in [0, 0.05) is 25.0 Å². The van der Waals surface area contributed by atoms with E-state index in [2.05, 4.69) is 10.1 Å². The predicted molar refractivity (Wildman–Crippen MR) is 56.5 cm³/mol. The van der Waals surface area contributed by atoms with Gasteiger partial charge >= 0.3 is 0 Å². The summed E-state index contributed by atoms with van der Waals surface area (Å²) in [4.78, 5) is 3.96. The Hall–Kier alpha value is -1.06. The Bertz CT molecular complexity index is 448. The van der Waals surface area contributed by atoms with Crippen LogP contribution in [0.25, 0.3) is 11.3 Å². The van der Waals surface area contributed by atoms with Crippen LogP contribution in [0.4, 0.5) is 0 Å². The molecule has 0 saturated carbocycles. The highest BCUT2D eigenvalue weighted by Crippen LogP contribution is 2.25. The molecule has 72 valence electrons. The van der Waals surface area contributed by atoms with Crippen molar-refractivity contribution in [1.29, 1.82) is 0 Å². The van der Waals surface area contributed by atoms with Crippen molar-refractivity contribution in [1.82, 2.24) is 14.8 Å². The molecule has 0 aliphatic rings. The number of hydrogen-bond acceptors (Lipinski definition) is 2. The first-order valence-electron chi connectivity index (χ1n) is 3.98. The predicted octanol–water partition coefficient (Wildman–Crippen LogP) is 2.79. The molecule has 0 radical (unpaired) electrons. The number of aryl methyl sites for hydroxylation is 1. The van der Waals surface area contributed by atoms with Gasteiger partial charge < -0.3 is 0 Å². The van der Waals surface area contributed by atoms with E-state index in [0.29, 0.717) is 10.2 Å². The molecular formula is C9H7Cl2N3. The number of nitrogens with zero attached hydrogens (tertiary/aromatic N) is 3. The Balaban J connectivity index is 2.49. The van der Waals surface area contributed by atoms with Crippen molar-refractivity contribution >= 4 is 23.2 Å². The standard InChI is InChI=1S/C9H7Cl2N3/c1-14-5-7(10)9(13-14)6-2-3-8(11)12-4-6/h2-5H,1H3. The number of hydrogen-bond donors (Lipinski definition) is 0. The molecular weight excluding hydrogens is 221 g/mol. The molecule has 0 aromatic carbocycles. The molecule has 5 heteroatoms. The lowest BCUT2D eigenvalue weighted by molar-refractivity contribution is 0.771. The highest BCUT2D eigenvalue weighted by molar-refractivity contribution is 6.33. The molecule has 2 rings (SSSR count). The molecule has 14 heavy (non-hydrogen) atoms. The Morgan fingerprint density at radius 3 is 2.57 bits per heavy atom. The van der Waals surface area contributed by atoms with Crippen LogP contribution in [-0.2, 0) is 7.05 Å². The molecule has 2 aromatic heterocycles. The molecule has 0 aliphatic heterocycles. The minimum Gasteiger partial charge on any atom is -0.274 e. The van der Waals surface area contributed by atoms with Gasteiger partial charge in [-0.2, -0.15) is 5.10 Å². The maximum absolute atomic E-state index is 5.98. The normalized spacial score (nSPS) is 10.5. The number of rotatable bonds is 1. The van der Waals surface area contributed by atoms with Gasteiger partial charge in [0.25, 0.3) is 0 Å². The third-order valence-corrected chi connectivity index (χ3v) is 2.29. The monoisotopic (exact) mass is 227 g/mol. The van der Waals surface area contributed by atoms with Gasteiger partial charge in [0.1, 0.15) is 10.8 Å². The van der Waals surface area contributed by atoms with E-state index < -0.39 is 0 Å². The van der Waals surface area contributed by atoms with Crippen molar-refractivity contribution in [2.75, 3.05) is 0 Å². The van der Waals surface area contributed by atoms with Crippen LogP contribution in [0.3, 0.4) is 0 Å². The first-order chi connectivity index (χ1) is 6.66. The fraction of sp³-hybridized carbons (Fsp3) is 0.111. The molecule has 0 amide bonds. The van der Waals surface area contributed by atoms with E-state index >= 15 is 0 Å². The van der Waals surface area contributed by atoms with Crippen molar-refractivity contribution in [3.63, 3.8) is 0 Å². The maximum Gasteiger partial charge on any atom is 0.129 e. The van der Waals surface area contributed by atoms with Crippen LogP contribution in [0.1, 0.15) is 0 Å². The Labute approximate surface area is 91.3 Å². The van der Waals surface area contributed by atoms with Crippen LogP contribution in [0.15, 0.2) is 24.5 Å². The molecule has 0 saturated heterocycles. The van der Waals surface area contributed by atoms with Gasteiger partial charge in [-0.25, -0.2) is 4.98 Å². The average Bonchev–Trinajstić information content (AvgIpc) is 2.47. The van der Waals surface area contributed by atoms with E-state index in [-0.39, 0.29) is 0 Å². The lowest BCUT2D eigenvalue weighted by Gasteiger charge is -1.96. The van der Waals surface area contributed by atoms with Crippen molar-refractivity contribution in [2.24, 2.45) is 7.05 Å². The molecule has 3 nitrogen and oxygen atoms in total. The molecule has 0 atom stereocenters. The maximum atomic E-state index is 5.98. The van der Waals surface area contributed by atoms with Crippen LogP contribution >= 0.6 is 23.2 Å². The summed E-state index contributed by atoms with van der Waals surface area (Å²) >= 11 is 11.6. The van der Waals surface area contributed by atoms with Gasteiger partial charge in [0.2, 0.25) is 0 Å². The highest BCUT2D eigenvalue weighted by Gasteiger charge is 2.07. The van der Waals surface area contributed by atoms with E-state index in [0.717, 1.165) is 11.3 Å². The summed E-state index contributed by atoms with van der Waals surface area (Å²) in [5, 5.41) is 5.28. The van der Waals surface area contributed by atoms with E-state index in [1.807, 2.05) is 13.1 Å². The van der Waals surface area contributed by atoms with E-state index in [1.54, 1.807) is 23.1 Å². The van der Waals surface area contributed by atoms with Crippen molar-refractivity contribution in [2.45, 2.75) is 0 Å². The van der Waals surface area contributed by atoms with Crippen molar-refractivity contribution in [3.05, 3.63) is 34.7 Å². The quantitative estimate of drug-likeness (QED) is 0.702. The van der Waals surface area contributed by atoms with E-state index in [4.69, 9.17) is 23.2 Å². The second-order valence-electron chi connectivity index (χ2n) is 2.87. The molecule has 0 unspecified atom stereocenters. The van der Waals surface area contributed by atoms with Crippen molar-refractivity contribution in [3.8, 4) is 11.3 Å². The summed E-state index contributed by atoms with van der Waals surface area (Å²) in [6, 6.07) is 3.55. The molecule has 0 spiro atoms. The van der Waals surface area contributed by atoms with Gasteiger partial charge in [-0.3, -0.25) is 4.68 Å². The average molecular weight is 228 g/mol. The molecule has 2 heterocycles. The molecule has 0 aliphatic carbocycles. The zero-order valence-electron chi connectivity index (χ0n) is 7.41. The number of aromatic nitrogens is 3. The van der Waals surface area contributed by atoms with Crippen LogP contribution in [0, 0.1) is 0 Å². The van der Waals surface area contributed by atoms with Crippen LogP contribution < -0.4 is 0 Å². The fourth-order valence-corrected chi connectivity index (χ4v) is 1.57. The van der Waals surface area contributed by atoms with Crippen molar-refractivity contribution < 1.29 is 0 Å².